The molecule has 3 heteroatoms. The lowest BCUT2D eigenvalue weighted by Crippen LogP contribution is -2.15. The van der Waals surface area contributed by atoms with Crippen LogP contribution in [-0.4, -0.2) is 9.55 Å². The van der Waals surface area contributed by atoms with Crippen molar-refractivity contribution in [1.29, 1.82) is 0 Å². The van der Waals surface area contributed by atoms with E-state index in [4.69, 9.17) is 9.40 Å². The van der Waals surface area contributed by atoms with Gasteiger partial charge >= 0.3 is 6.01 Å². The van der Waals surface area contributed by atoms with Crippen LogP contribution in [0.4, 0.5) is 0 Å². The lowest BCUT2D eigenvalue weighted by atomic mass is 9.81. The highest BCUT2D eigenvalue weighted by molar-refractivity contribution is 6.11. The maximum Gasteiger partial charge on any atom is 0.307 e. The van der Waals surface area contributed by atoms with Gasteiger partial charge < -0.3 is 4.42 Å². The molecule has 0 atom stereocenters. The molecule has 5 aromatic carbocycles. The molecule has 8 rings (SSSR count). The van der Waals surface area contributed by atoms with Gasteiger partial charge in [0.15, 0.2) is 5.58 Å². The zero-order valence-electron chi connectivity index (χ0n) is 19.5. The first-order valence-corrected chi connectivity index (χ1v) is 12.1. The van der Waals surface area contributed by atoms with Crippen LogP contribution in [0.3, 0.4) is 0 Å². The summed E-state index contributed by atoms with van der Waals surface area (Å²) < 4.78 is 8.45. The standard InChI is InChI=1S/C32H22N2O/c1-32(2)25-16-20-10-4-3-9-19(20)15-22(25)23-17-24-21-11-5-7-13-28(21)34(29(24)18-26(23)32)31-33-27-12-6-8-14-30(27)35-31/h3-18H,1-2H3. The van der Waals surface area contributed by atoms with Crippen molar-refractivity contribution in [3.8, 4) is 17.1 Å². The van der Waals surface area contributed by atoms with Crippen molar-refractivity contribution in [3.63, 3.8) is 0 Å². The molecule has 0 saturated carbocycles. The summed E-state index contributed by atoms with van der Waals surface area (Å²) >= 11 is 0. The minimum atomic E-state index is -0.106. The minimum absolute atomic E-state index is 0.106. The number of rotatable bonds is 1. The van der Waals surface area contributed by atoms with E-state index in [-0.39, 0.29) is 5.41 Å². The van der Waals surface area contributed by atoms with Crippen LogP contribution in [0.2, 0.25) is 0 Å². The van der Waals surface area contributed by atoms with Crippen molar-refractivity contribution < 1.29 is 4.42 Å². The topological polar surface area (TPSA) is 31.0 Å². The van der Waals surface area contributed by atoms with Crippen LogP contribution in [0.15, 0.2) is 101 Å². The Hall–Kier alpha value is -4.37. The zero-order valence-corrected chi connectivity index (χ0v) is 19.5. The molecular formula is C32H22N2O. The van der Waals surface area contributed by atoms with E-state index in [1.54, 1.807) is 0 Å². The molecule has 0 aliphatic heterocycles. The summed E-state index contributed by atoms with van der Waals surface area (Å²) in [6, 6.07) is 35.3. The van der Waals surface area contributed by atoms with Crippen LogP contribution in [0, 0.1) is 0 Å². The summed E-state index contributed by atoms with van der Waals surface area (Å²) in [5.74, 6) is 0. The van der Waals surface area contributed by atoms with Gasteiger partial charge in [0.05, 0.1) is 11.0 Å². The fourth-order valence-corrected chi connectivity index (χ4v) is 6.04. The molecule has 7 aromatic rings. The third-order valence-electron chi connectivity index (χ3n) is 7.81. The molecule has 2 heterocycles. The van der Waals surface area contributed by atoms with E-state index in [0.717, 1.165) is 22.1 Å². The number of nitrogens with zero attached hydrogens (tertiary/aromatic N) is 2. The van der Waals surface area contributed by atoms with Crippen molar-refractivity contribution >= 4 is 43.7 Å². The van der Waals surface area contributed by atoms with Crippen LogP contribution < -0.4 is 0 Å². The normalized spacial score (nSPS) is 14.2. The van der Waals surface area contributed by atoms with Crippen LogP contribution in [0.25, 0.3) is 60.8 Å². The Morgan fingerprint density at radius 3 is 2.20 bits per heavy atom. The van der Waals surface area contributed by atoms with Gasteiger partial charge in [0.2, 0.25) is 0 Å². The molecule has 35 heavy (non-hydrogen) atoms. The molecule has 2 aromatic heterocycles. The smallest absolute Gasteiger partial charge is 0.307 e. The molecular weight excluding hydrogens is 428 g/mol. The van der Waals surface area contributed by atoms with Gasteiger partial charge in [0.25, 0.3) is 0 Å². The fourth-order valence-electron chi connectivity index (χ4n) is 6.04. The summed E-state index contributed by atoms with van der Waals surface area (Å²) in [7, 11) is 0. The molecule has 1 aliphatic rings. The molecule has 0 spiro atoms. The van der Waals surface area contributed by atoms with Gasteiger partial charge in [-0.3, -0.25) is 4.57 Å². The Bertz CT molecular complexity index is 1950. The highest BCUT2D eigenvalue weighted by Gasteiger charge is 2.36. The number of para-hydroxylation sites is 3. The Balaban J connectivity index is 1.49. The van der Waals surface area contributed by atoms with Gasteiger partial charge in [-0.15, -0.1) is 0 Å². The summed E-state index contributed by atoms with van der Waals surface area (Å²) in [5.41, 5.74) is 9.19. The Labute approximate surface area is 202 Å². The van der Waals surface area contributed by atoms with Crippen LogP contribution in [-0.2, 0) is 5.41 Å². The monoisotopic (exact) mass is 450 g/mol. The lowest BCUT2D eigenvalue weighted by Gasteiger charge is -2.22. The maximum absolute atomic E-state index is 6.27. The molecule has 166 valence electrons. The first-order chi connectivity index (χ1) is 17.1. The average molecular weight is 451 g/mol. The molecule has 0 bridgehead atoms. The largest absolute Gasteiger partial charge is 0.423 e. The predicted molar refractivity (Wildman–Crippen MR) is 143 cm³/mol. The van der Waals surface area contributed by atoms with Crippen molar-refractivity contribution in [2.75, 3.05) is 0 Å². The first-order valence-electron chi connectivity index (χ1n) is 12.1. The Kier molecular flexibility index (Phi) is 3.47. The SMILES string of the molecule is CC1(C)c2cc3ccccc3cc2-c2cc3c4ccccc4n(-c4nc5ccccc5o4)c3cc21. The van der Waals surface area contributed by atoms with Gasteiger partial charge in [-0.2, -0.15) is 4.98 Å². The molecule has 0 unspecified atom stereocenters. The van der Waals surface area contributed by atoms with Gasteiger partial charge in [-0.25, -0.2) is 0 Å². The highest BCUT2D eigenvalue weighted by Crippen LogP contribution is 2.52. The minimum Gasteiger partial charge on any atom is -0.423 e. The van der Waals surface area contributed by atoms with Crippen molar-refractivity contribution in [2.24, 2.45) is 0 Å². The Morgan fingerprint density at radius 1 is 0.657 bits per heavy atom. The predicted octanol–water partition coefficient (Wildman–Crippen LogP) is 8.38. The second-order valence-electron chi connectivity index (χ2n) is 10.1. The fraction of sp³-hybridized carbons (Fsp3) is 0.0938. The lowest BCUT2D eigenvalue weighted by molar-refractivity contribution is 0.574. The first kappa shape index (κ1) is 19.0. The summed E-state index contributed by atoms with van der Waals surface area (Å²) in [5, 5.41) is 5.00. The summed E-state index contributed by atoms with van der Waals surface area (Å²) in [6.45, 7) is 4.68. The third kappa shape index (κ3) is 2.42. The van der Waals surface area contributed by atoms with Crippen molar-refractivity contribution in [1.82, 2.24) is 9.55 Å². The molecule has 0 N–H and O–H groups in total. The number of aromatic nitrogens is 2. The second-order valence-corrected chi connectivity index (χ2v) is 10.1. The van der Waals surface area contributed by atoms with Crippen LogP contribution in [0.5, 0.6) is 0 Å². The van der Waals surface area contributed by atoms with Crippen LogP contribution >= 0.6 is 0 Å². The van der Waals surface area contributed by atoms with Gasteiger partial charge in [-0.05, 0) is 75.5 Å². The van der Waals surface area contributed by atoms with E-state index in [1.807, 2.05) is 24.3 Å². The van der Waals surface area contributed by atoms with Gasteiger partial charge in [0, 0.05) is 16.2 Å². The highest BCUT2D eigenvalue weighted by atomic mass is 16.4. The van der Waals surface area contributed by atoms with E-state index in [9.17, 15) is 0 Å². The van der Waals surface area contributed by atoms with E-state index < -0.39 is 0 Å². The van der Waals surface area contributed by atoms with E-state index in [1.165, 1.54) is 43.8 Å². The maximum atomic E-state index is 6.27. The summed E-state index contributed by atoms with van der Waals surface area (Å²) in [4.78, 5) is 4.86. The Morgan fingerprint density at radius 2 is 1.34 bits per heavy atom. The van der Waals surface area contributed by atoms with E-state index in [0.29, 0.717) is 6.01 Å². The molecule has 3 nitrogen and oxygen atoms in total. The van der Waals surface area contributed by atoms with Crippen LogP contribution in [0.1, 0.15) is 25.0 Å². The summed E-state index contributed by atoms with van der Waals surface area (Å²) in [6.07, 6.45) is 0. The van der Waals surface area contributed by atoms with Gasteiger partial charge in [-0.1, -0.05) is 68.4 Å². The number of hydrogen-bond donors (Lipinski definition) is 0. The molecule has 0 fully saturated rings. The van der Waals surface area contributed by atoms with Crippen molar-refractivity contribution in [3.05, 3.63) is 108 Å². The molecule has 1 aliphatic carbocycles. The molecule has 0 amide bonds. The van der Waals surface area contributed by atoms with Crippen molar-refractivity contribution in [2.45, 2.75) is 19.3 Å². The zero-order chi connectivity index (χ0) is 23.3. The molecule has 0 radical (unpaired) electrons. The van der Waals surface area contributed by atoms with E-state index >= 15 is 0 Å². The van der Waals surface area contributed by atoms with E-state index in [2.05, 4.69) is 91.2 Å². The number of oxazole rings is 1. The second kappa shape index (κ2) is 6.39. The third-order valence-corrected chi connectivity index (χ3v) is 7.81. The molecule has 0 saturated heterocycles. The average Bonchev–Trinajstić information content (AvgIpc) is 3.51. The number of benzene rings is 5. The quantitative estimate of drug-likeness (QED) is 0.251. The number of hydrogen-bond acceptors (Lipinski definition) is 2. The number of fused-ring (bicyclic) bond motifs is 8. The van der Waals surface area contributed by atoms with Gasteiger partial charge in [0.1, 0.15) is 5.52 Å².